The maximum absolute atomic E-state index is 13.2. The number of likely N-dealkylation sites (tertiary alicyclic amines) is 1. The van der Waals surface area contributed by atoms with E-state index in [-0.39, 0.29) is 17.7 Å². The Morgan fingerprint density at radius 2 is 2.03 bits per heavy atom. The Labute approximate surface area is 195 Å². The monoisotopic (exact) mass is 444 g/mol. The van der Waals surface area contributed by atoms with E-state index in [4.69, 9.17) is 10.7 Å². The summed E-state index contributed by atoms with van der Waals surface area (Å²) in [4.78, 5) is 24.1. The fourth-order valence-corrected chi connectivity index (χ4v) is 5.54. The molecule has 1 amide bonds. The lowest BCUT2D eigenvalue weighted by Crippen LogP contribution is -2.35. The molecule has 7 heteroatoms. The third-order valence-corrected chi connectivity index (χ3v) is 7.52. The highest BCUT2D eigenvalue weighted by Gasteiger charge is 2.42. The van der Waals surface area contributed by atoms with E-state index in [0.717, 1.165) is 43.1 Å². The number of amides is 1. The third-order valence-electron chi connectivity index (χ3n) is 7.52. The fraction of sp³-hybridized carbons (Fsp3) is 0.462. The van der Waals surface area contributed by atoms with Gasteiger partial charge in [0.05, 0.1) is 29.7 Å². The van der Waals surface area contributed by atoms with Crippen molar-refractivity contribution >= 4 is 11.6 Å². The van der Waals surface area contributed by atoms with E-state index in [0.29, 0.717) is 11.4 Å². The van der Waals surface area contributed by atoms with Gasteiger partial charge in [0.1, 0.15) is 0 Å². The Balaban J connectivity index is 1.19. The number of hydrogen-bond acceptors (Lipinski definition) is 5. The second-order valence-electron chi connectivity index (χ2n) is 9.89. The number of carbonyl (C=O) groups excluding carboxylic acids is 1. The van der Waals surface area contributed by atoms with Gasteiger partial charge < -0.3 is 10.6 Å². The summed E-state index contributed by atoms with van der Waals surface area (Å²) < 4.78 is 1.88. The van der Waals surface area contributed by atoms with Gasteiger partial charge in [-0.15, -0.1) is 0 Å². The number of pyridine rings is 2. The summed E-state index contributed by atoms with van der Waals surface area (Å²) in [6.45, 7) is 1.71. The van der Waals surface area contributed by atoms with Crippen molar-refractivity contribution in [3.8, 4) is 11.3 Å². The van der Waals surface area contributed by atoms with Crippen LogP contribution >= 0.6 is 0 Å². The highest BCUT2D eigenvalue weighted by atomic mass is 16.2. The third kappa shape index (κ3) is 4.77. The Morgan fingerprint density at radius 1 is 1.18 bits per heavy atom. The second kappa shape index (κ2) is 8.96. The average molecular weight is 445 g/mol. The number of hydrogen-bond donors (Lipinski definition) is 1. The number of rotatable bonds is 5. The largest absolute Gasteiger partial charge is 0.397 e. The zero-order valence-corrected chi connectivity index (χ0v) is 19.3. The molecule has 4 heterocycles. The van der Waals surface area contributed by atoms with Gasteiger partial charge in [-0.3, -0.25) is 19.4 Å². The van der Waals surface area contributed by atoms with Crippen molar-refractivity contribution in [3.63, 3.8) is 0 Å². The van der Waals surface area contributed by atoms with Crippen LogP contribution in [0.4, 0.5) is 5.69 Å². The highest BCUT2D eigenvalue weighted by molar-refractivity contribution is 5.80. The number of anilines is 1. The number of carbonyl (C=O) groups is 1. The van der Waals surface area contributed by atoms with E-state index >= 15 is 0 Å². The molecule has 1 aliphatic carbocycles. The van der Waals surface area contributed by atoms with Crippen LogP contribution in [0.2, 0.25) is 0 Å². The minimum atomic E-state index is 0.131. The highest BCUT2D eigenvalue weighted by Crippen LogP contribution is 2.46. The SMILES string of the molecule is Cn1cc(CC2CCC3(CC2)CCN(C(=O)Cc2nc(-c4cccnc4)ccc2N)C3)cn1. The summed E-state index contributed by atoms with van der Waals surface area (Å²) in [5.41, 5.74) is 10.7. The Kier molecular flexibility index (Phi) is 5.87. The first kappa shape index (κ1) is 21.6. The van der Waals surface area contributed by atoms with Crippen molar-refractivity contribution in [2.24, 2.45) is 18.4 Å². The maximum Gasteiger partial charge on any atom is 0.228 e. The fourth-order valence-electron chi connectivity index (χ4n) is 5.54. The van der Waals surface area contributed by atoms with Crippen molar-refractivity contribution in [2.75, 3.05) is 18.8 Å². The van der Waals surface area contributed by atoms with Crippen LogP contribution in [0.5, 0.6) is 0 Å². The van der Waals surface area contributed by atoms with Crippen molar-refractivity contribution in [1.82, 2.24) is 24.6 Å². The molecule has 2 N–H and O–H groups in total. The van der Waals surface area contributed by atoms with Crippen LogP contribution in [-0.2, 0) is 24.7 Å². The van der Waals surface area contributed by atoms with Crippen LogP contribution in [0.3, 0.4) is 0 Å². The molecule has 3 aromatic rings. The molecule has 0 radical (unpaired) electrons. The van der Waals surface area contributed by atoms with Crippen LogP contribution in [0.15, 0.2) is 49.1 Å². The molecule has 0 bridgehead atoms. The molecule has 3 aromatic heterocycles. The number of nitrogens with two attached hydrogens (primary N) is 1. The van der Waals surface area contributed by atoms with Gasteiger partial charge in [0.15, 0.2) is 0 Å². The maximum atomic E-state index is 13.2. The lowest BCUT2D eigenvalue weighted by Gasteiger charge is -2.37. The van der Waals surface area contributed by atoms with Gasteiger partial charge in [-0.1, -0.05) is 0 Å². The Hall–Kier alpha value is -3.22. The molecule has 1 saturated carbocycles. The van der Waals surface area contributed by atoms with Gasteiger partial charge >= 0.3 is 0 Å². The van der Waals surface area contributed by atoms with Gasteiger partial charge in [-0.05, 0) is 79.7 Å². The molecule has 2 aliphatic rings. The molecule has 7 nitrogen and oxygen atoms in total. The predicted octanol–water partition coefficient (Wildman–Crippen LogP) is 3.65. The molecule has 5 rings (SSSR count). The van der Waals surface area contributed by atoms with Gasteiger partial charge in [-0.25, -0.2) is 0 Å². The van der Waals surface area contributed by atoms with Crippen LogP contribution in [0.1, 0.15) is 43.4 Å². The number of aryl methyl sites for hydroxylation is 1. The molecule has 0 aromatic carbocycles. The first-order valence-electron chi connectivity index (χ1n) is 11.9. The molecule has 1 aliphatic heterocycles. The van der Waals surface area contributed by atoms with Gasteiger partial charge in [0, 0.05) is 44.3 Å². The molecule has 33 heavy (non-hydrogen) atoms. The topological polar surface area (TPSA) is 89.9 Å². The lowest BCUT2D eigenvalue weighted by atomic mass is 9.69. The van der Waals surface area contributed by atoms with E-state index in [9.17, 15) is 4.79 Å². The molecule has 1 saturated heterocycles. The molecule has 0 atom stereocenters. The van der Waals surface area contributed by atoms with Crippen molar-refractivity contribution in [2.45, 2.75) is 44.9 Å². The summed E-state index contributed by atoms with van der Waals surface area (Å²) in [7, 11) is 1.97. The van der Waals surface area contributed by atoms with Crippen molar-refractivity contribution in [1.29, 1.82) is 0 Å². The van der Waals surface area contributed by atoms with Gasteiger partial charge in [-0.2, -0.15) is 5.10 Å². The Morgan fingerprint density at radius 3 is 2.76 bits per heavy atom. The van der Waals surface area contributed by atoms with Gasteiger partial charge in [0.2, 0.25) is 5.91 Å². The standard InChI is InChI=1S/C26H32N6O/c1-31-17-20(15-29-31)13-19-6-8-26(9-7-19)10-12-32(18-26)25(33)14-24-22(27)4-5-23(30-24)21-3-2-11-28-16-21/h2-5,11,15-17,19H,6-10,12-14,18,27H2,1H3. The normalized spacial score (nSPS) is 22.7. The summed E-state index contributed by atoms with van der Waals surface area (Å²) in [5, 5.41) is 4.30. The van der Waals surface area contributed by atoms with E-state index < -0.39 is 0 Å². The molecule has 0 unspecified atom stereocenters. The minimum absolute atomic E-state index is 0.131. The van der Waals surface area contributed by atoms with Crippen molar-refractivity contribution < 1.29 is 4.79 Å². The van der Waals surface area contributed by atoms with E-state index in [2.05, 4.69) is 16.3 Å². The summed E-state index contributed by atoms with van der Waals surface area (Å²) in [5.74, 6) is 0.857. The zero-order valence-electron chi connectivity index (χ0n) is 19.3. The summed E-state index contributed by atoms with van der Waals surface area (Å²) in [6, 6.07) is 7.57. The average Bonchev–Trinajstić information content (AvgIpc) is 3.44. The first-order chi connectivity index (χ1) is 16.0. The number of aromatic nitrogens is 4. The van der Waals surface area contributed by atoms with Crippen LogP contribution < -0.4 is 5.73 Å². The predicted molar refractivity (Wildman–Crippen MR) is 128 cm³/mol. The molecule has 172 valence electrons. The van der Waals surface area contributed by atoms with E-state index in [1.165, 1.54) is 31.2 Å². The van der Waals surface area contributed by atoms with E-state index in [1.807, 2.05) is 47.1 Å². The second-order valence-corrected chi connectivity index (χ2v) is 9.89. The summed E-state index contributed by atoms with van der Waals surface area (Å²) >= 11 is 0. The van der Waals surface area contributed by atoms with Crippen molar-refractivity contribution in [3.05, 3.63) is 60.3 Å². The van der Waals surface area contributed by atoms with E-state index in [1.54, 1.807) is 12.4 Å². The first-order valence-corrected chi connectivity index (χ1v) is 11.9. The lowest BCUT2D eigenvalue weighted by molar-refractivity contribution is -0.130. The zero-order chi connectivity index (χ0) is 22.8. The Bertz CT molecular complexity index is 1120. The number of nitrogens with zero attached hydrogens (tertiary/aromatic N) is 5. The summed E-state index contributed by atoms with van der Waals surface area (Å²) in [6.07, 6.45) is 15.0. The molecular weight excluding hydrogens is 412 g/mol. The van der Waals surface area contributed by atoms with Crippen LogP contribution in [0.25, 0.3) is 11.3 Å². The van der Waals surface area contributed by atoms with Gasteiger partial charge in [0.25, 0.3) is 0 Å². The molecular formula is C26H32N6O. The molecule has 1 spiro atoms. The number of nitrogen functional groups attached to an aromatic ring is 1. The van der Waals surface area contributed by atoms with Crippen LogP contribution in [-0.4, -0.2) is 43.6 Å². The minimum Gasteiger partial charge on any atom is -0.397 e. The smallest absolute Gasteiger partial charge is 0.228 e. The quantitative estimate of drug-likeness (QED) is 0.649. The van der Waals surface area contributed by atoms with Crippen LogP contribution in [0, 0.1) is 11.3 Å². The molecule has 2 fully saturated rings.